The molecule has 0 radical (unpaired) electrons. The predicted octanol–water partition coefficient (Wildman–Crippen LogP) is -0.0323. The van der Waals surface area contributed by atoms with Gasteiger partial charge in [-0.2, -0.15) is 0 Å². The van der Waals surface area contributed by atoms with Crippen LogP contribution < -0.4 is 11.1 Å². The normalized spacial score (nSPS) is 24.8. The van der Waals surface area contributed by atoms with Crippen LogP contribution in [0.15, 0.2) is 23.2 Å². The number of nitrogens with one attached hydrogen (secondary N) is 1. The lowest BCUT2D eigenvalue weighted by atomic mass is 9.87. The molecule has 12 nitrogen and oxygen atoms in total. The third kappa shape index (κ3) is 4.70. The summed E-state index contributed by atoms with van der Waals surface area (Å²) < 4.78 is 0. The summed E-state index contributed by atoms with van der Waals surface area (Å²) in [4.78, 5) is 58.1. The van der Waals surface area contributed by atoms with Gasteiger partial charge >= 0.3 is 11.9 Å². The maximum absolute atomic E-state index is 12.9. The number of hydrogen-bond acceptors (Lipinski definition) is 10. The standard InChI is InChI=1S/C18H21N5O7S2/c1-2-18(16(28)29)7-23-14(27)12(15(23)32-8-18)21-13(26)11(9-6-31-17(19)20-9)22-30-5-3-4-10(24)25/h2,6,12,15H,1,3-5,7-8H2,(H2,19,20)(H,21,26)(H,24,25)(H,28,29)/t12?,15-,18?/m1/s1. The Labute approximate surface area is 190 Å². The molecule has 0 saturated carbocycles. The van der Waals surface area contributed by atoms with Gasteiger partial charge in [0.1, 0.15) is 29.1 Å². The number of aromatic nitrogens is 1. The van der Waals surface area contributed by atoms with Crippen molar-refractivity contribution in [3.05, 3.63) is 23.7 Å². The van der Waals surface area contributed by atoms with Crippen LogP contribution in [0.25, 0.3) is 0 Å². The van der Waals surface area contributed by atoms with Crippen molar-refractivity contribution in [3.8, 4) is 0 Å². The van der Waals surface area contributed by atoms with Gasteiger partial charge in [-0.25, -0.2) is 4.98 Å². The van der Waals surface area contributed by atoms with Crippen LogP contribution in [-0.4, -0.2) is 79.9 Å². The fourth-order valence-corrected chi connectivity index (χ4v) is 5.23. The van der Waals surface area contributed by atoms with E-state index in [1.165, 1.54) is 28.1 Å². The van der Waals surface area contributed by atoms with Crippen molar-refractivity contribution in [2.45, 2.75) is 24.3 Å². The van der Waals surface area contributed by atoms with Gasteiger partial charge in [-0.05, 0) is 6.42 Å². The van der Waals surface area contributed by atoms with Crippen molar-refractivity contribution >= 4 is 57.7 Å². The molecule has 2 fully saturated rings. The highest BCUT2D eigenvalue weighted by Gasteiger charge is 2.56. The second kappa shape index (κ2) is 9.56. The second-order valence-corrected chi connectivity index (χ2v) is 9.12. The van der Waals surface area contributed by atoms with E-state index in [0.29, 0.717) is 0 Å². The SMILES string of the molecule is C=CC1(C(=O)O)CS[C@@H]2C(NC(=O)C(=NOCCCC(=O)O)c3csc(N)n3)C(=O)N2C1. The molecule has 0 aliphatic carbocycles. The van der Waals surface area contributed by atoms with Crippen LogP contribution in [0, 0.1) is 5.41 Å². The number of carboxylic acid groups (broad SMARTS) is 2. The molecule has 3 atom stereocenters. The number of thioether (sulfide) groups is 1. The maximum atomic E-state index is 12.9. The molecule has 32 heavy (non-hydrogen) atoms. The smallest absolute Gasteiger partial charge is 0.316 e. The first kappa shape index (κ1) is 23.5. The zero-order valence-corrected chi connectivity index (χ0v) is 18.4. The number of amides is 2. The van der Waals surface area contributed by atoms with E-state index in [-0.39, 0.29) is 48.3 Å². The zero-order chi connectivity index (χ0) is 23.5. The van der Waals surface area contributed by atoms with Crippen LogP contribution in [-0.2, 0) is 24.0 Å². The van der Waals surface area contributed by atoms with Crippen LogP contribution in [0.1, 0.15) is 18.5 Å². The number of rotatable bonds is 10. The van der Waals surface area contributed by atoms with Gasteiger partial charge in [0.2, 0.25) is 5.91 Å². The third-order valence-corrected chi connectivity index (χ3v) is 7.19. The van der Waals surface area contributed by atoms with E-state index >= 15 is 0 Å². The fraction of sp³-hybridized carbons (Fsp3) is 0.444. The van der Waals surface area contributed by atoms with Gasteiger partial charge in [-0.3, -0.25) is 19.2 Å². The molecular formula is C18H21N5O7S2. The largest absolute Gasteiger partial charge is 0.481 e. The maximum Gasteiger partial charge on any atom is 0.316 e. The molecule has 0 bridgehead atoms. The number of carboxylic acids is 2. The molecular weight excluding hydrogens is 462 g/mol. The number of thiazole rings is 1. The monoisotopic (exact) mass is 483 g/mol. The number of β-lactam (4-membered cyclic amide) rings is 1. The summed E-state index contributed by atoms with van der Waals surface area (Å²) in [6.07, 6.45) is 1.40. The van der Waals surface area contributed by atoms with Crippen molar-refractivity contribution in [1.29, 1.82) is 0 Å². The number of aliphatic carboxylic acids is 2. The third-order valence-electron chi connectivity index (χ3n) is 4.97. The van der Waals surface area contributed by atoms with E-state index in [0.717, 1.165) is 11.3 Å². The molecule has 14 heteroatoms. The molecule has 2 saturated heterocycles. The Balaban J connectivity index is 1.68. The summed E-state index contributed by atoms with van der Waals surface area (Å²) in [7, 11) is 0. The molecule has 0 spiro atoms. The topological polar surface area (TPSA) is 185 Å². The highest BCUT2D eigenvalue weighted by Crippen LogP contribution is 2.42. The predicted molar refractivity (Wildman–Crippen MR) is 116 cm³/mol. The van der Waals surface area contributed by atoms with Crippen LogP contribution in [0.2, 0.25) is 0 Å². The first-order chi connectivity index (χ1) is 15.2. The molecule has 3 heterocycles. The molecule has 172 valence electrons. The molecule has 2 aliphatic rings. The van der Waals surface area contributed by atoms with E-state index in [1.807, 2.05) is 0 Å². The fourth-order valence-electron chi connectivity index (χ4n) is 3.14. The number of nitrogens with two attached hydrogens (primary N) is 1. The van der Waals surface area contributed by atoms with E-state index in [9.17, 15) is 24.3 Å². The molecule has 3 rings (SSSR count). The minimum Gasteiger partial charge on any atom is -0.481 e. The average molecular weight is 484 g/mol. The van der Waals surface area contributed by atoms with Crippen LogP contribution in [0.5, 0.6) is 0 Å². The molecule has 5 N–H and O–H groups in total. The summed E-state index contributed by atoms with van der Waals surface area (Å²) >= 11 is 2.33. The Hall–Kier alpha value is -3.13. The lowest BCUT2D eigenvalue weighted by molar-refractivity contribution is -0.156. The number of anilines is 1. The Morgan fingerprint density at radius 3 is 2.81 bits per heavy atom. The zero-order valence-electron chi connectivity index (χ0n) is 16.7. The van der Waals surface area contributed by atoms with Crippen molar-refractivity contribution in [3.63, 3.8) is 0 Å². The average Bonchev–Trinajstić information content (AvgIpc) is 3.19. The summed E-state index contributed by atoms with van der Waals surface area (Å²) in [5, 5.41) is 25.8. The number of hydrogen-bond donors (Lipinski definition) is 4. The number of nitrogens with zero attached hydrogens (tertiary/aromatic N) is 3. The second-order valence-electron chi connectivity index (χ2n) is 7.13. The first-order valence-electron chi connectivity index (χ1n) is 9.41. The highest BCUT2D eigenvalue weighted by molar-refractivity contribution is 8.00. The van der Waals surface area contributed by atoms with Crippen molar-refractivity contribution in [2.24, 2.45) is 10.6 Å². The van der Waals surface area contributed by atoms with Gasteiger partial charge in [0.25, 0.3) is 5.91 Å². The highest BCUT2D eigenvalue weighted by atomic mass is 32.2. The lowest BCUT2D eigenvalue weighted by Crippen LogP contribution is -2.73. The van der Waals surface area contributed by atoms with Crippen molar-refractivity contribution in [1.82, 2.24) is 15.2 Å². The van der Waals surface area contributed by atoms with E-state index in [2.05, 4.69) is 22.0 Å². The van der Waals surface area contributed by atoms with E-state index in [1.54, 1.807) is 0 Å². The molecule has 1 aromatic heterocycles. The van der Waals surface area contributed by atoms with E-state index < -0.39 is 40.6 Å². The van der Waals surface area contributed by atoms with Gasteiger partial charge < -0.3 is 31.0 Å². The number of oxime groups is 1. The van der Waals surface area contributed by atoms with Crippen molar-refractivity contribution in [2.75, 3.05) is 24.6 Å². The summed E-state index contributed by atoms with van der Waals surface area (Å²) in [6, 6.07) is -0.864. The summed E-state index contributed by atoms with van der Waals surface area (Å²) in [5.74, 6) is -2.96. The number of fused-ring (bicyclic) bond motifs is 1. The summed E-state index contributed by atoms with van der Waals surface area (Å²) in [5.41, 5.74) is 4.35. The van der Waals surface area contributed by atoms with Crippen molar-refractivity contribution < 1.29 is 34.2 Å². The van der Waals surface area contributed by atoms with Gasteiger partial charge in [-0.15, -0.1) is 29.7 Å². The Morgan fingerprint density at radius 2 is 2.22 bits per heavy atom. The quantitative estimate of drug-likeness (QED) is 0.116. The number of carbonyl (C=O) groups excluding carboxylic acids is 2. The summed E-state index contributed by atoms with van der Waals surface area (Å²) in [6.45, 7) is 3.53. The Kier molecular flexibility index (Phi) is 7.03. The van der Waals surface area contributed by atoms with Gasteiger partial charge in [0.05, 0.1) is 0 Å². The number of carbonyl (C=O) groups is 4. The van der Waals surface area contributed by atoms with Gasteiger partial charge in [-0.1, -0.05) is 11.2 Å². The minimum atomic E-state index is -1.24. The molecule has 0 aromatic carbocycles. The molecule has 2 amide bonds. The minimum absolute atomic E-state index is 0.0229. The van der Waals surface area contributed by atoms with Crippen LogP contribution in [0.3, 0.4) is 0 Å². The Morgan fingerprint density at radius 1 is 1.47 bits per heavy atom. The number of nitrogen functional groups attached to an aromatic ring is 1. The van der Waals surface area contributed by atoms with Crippen LogP contribution in [0.4, 0.5) is 5.13 Å². The van der Waals surface area contributed by atoms with E-state index in [4.69, 9.17) is 15.7 Å². The van der Waals surface area contributed by atoms with Crippen LogP contribution >= 0.6 is 23.1 Å². The van der Waals surface area contributed by atoms with Gasteiger partial charge in [0, 0.05) is 24.1 Å². The first-order valence-corrected chi connectivity index (χ1v) is 11.3. The molecule has 2 aliphatic heterocycles. The molecule has 2 unspecified atom stereocenters. The lowest BCUT2D eigenvalue weighted by Gasteiger charge is -2.53. The molecule has 1 aromatic rings. The Bertz CT molecular complexity index is 981. The van der Waals surface area contributed by atoms with Gasteiger partial charge in [0.15, 0.2) is 10.8 Å².